The van der Waals surface area contributed by atoms with Gasteiger partial charge in [0, 0.05) is 74.2 Å². The maximum atomic E-state index is 5.16. The van der Waals surface area contributed by atoms with Gasteiger partial charge in [0.05, 0.1) is 22.8 Å². The summed E-state index contributed by atoms with van der Waals surface area (Å²) in [4.78, 5) is 15.1. The quantitative estimate of drug-likeness (QED) is 0.137. The third-order valence-electron chi connectivity index (χ3n) is 14.1. The van der Waals surface area contributed by atoms with Crippen LogP contribution in [0, 0.1) is 0 Å². The minimum Gasteiger partial charge on any atom is -0.310 e. The lowest BCUT2D eigenvalue weighted by Gasteiger charge is -2.29. The Bertz CT molecular complexity index is 3660. The van der Waals surface area contributed by atoms with Crippen LogP contribution in [-0.4, -0.2) is 18.8 Å². The van der Waals surface area contributed by atoms with Crippen LogP contribution in [0.5, 0.6) is 0 Å². The minimum atomic E-state index is -0.312. The van der Waals surface area contributed by atoms with Gasteiger partial charge in [-0.1, -0.05) is 159 Å². The number of imidazole rings is 2. The molecule has 0 saturated carbocycles. The van der Waals surface area contributed by atoms with Crippen molar-refractivity contribution in [3.05, 3.63) is 266 Å². The van der Waals surface area contributed by atoms with Gasteiger partial charge in [-0.05, 0) is 119 Å². The van der Waals surface area contributed by atoms with Crippen LogP contribution in [0.1, 0.15) is 25.0 Å². The van der Waals surface area contributed by atoms with Gasteiger partial charge >= 0.3 is 0 Å². The number of aromatic nitrogens is 4. The summed E-state index contributed by atoms with van der Waals surface area (Å²) in [5, 5.41) is 0. The zero-order valence-corrected chi connectivity index (χ0v) is 39.4. The van der Waals surface area contributed by atoms with Crippen molar-refractivity contribution in [1.29, 1.82) is 0 Å². The third kappa shape index (κ3) is 7.19. The Kier molecular flexibility index (Phi) is 10.1. The first-order valence-electron chi connectivity index (χ1n) is 24.2. The predicted molar refractivity (Wildman–Crippen MR) is 293 cm³/mol. The highest BCUT2D eigenvalue weighted by atomic mass is 15.2. The summed E-state index contributed by atoms with van der Waals surface area (Å²) >= 11 is 0. The van der Waals surface area contributed by atoms with Crippen LogP contribution in [-0.2, 0) is 5.41 Å². The van der Waals surface area contributed by atoms with E-state index in [2.05, 4.69) is 275 Å². The highest BCUT2D eigenvalue weighted by Crippen LogP contribution is 2.53. The summed E-state index contributed by atoms with van der Waals surface area (Å²) in [5.41, 5.74) is 21.5. The molecule has 0 bridgehead atoms. The fourth-order valence-electron chi connectivity index (χ4n) is 10.8. The molecule has 0 radical (unpaired) electrons. The summed E-state index contributed by atoms with van der Waals surface area (Å²) in [7, 11) is 0. The third-order valence-corrected chi connectivity index (χ3v) is 14.1. The van der Waals surface area contributed by atoms with Crippen molar-refractivity contribution >= 4 is 45.4 Å². The van der Waals surface area contributed by atoms with E-state index in [1.165, 1.54) is 22.3 Å². The average molecular weight is 913 g/mol. The van der Waals surface area contributed by atoms with E-state index in [0.29, 0.717) is 0 Å². The first-order chi connectivity index (χ1) is 35.0. The minimum absolute atomic E-state index is 0.312. The number of pyridine rings is 2. The van der Waals surface area contributed by atoms with E-state index in [0.717, 1.165) is 90.4 Å². The number of benzene rings is 8. The lowest BCUT2D eigenvalue weighted by molar-refractivity contribution is 0.660. The fourth-order valence-corrected chi connectivity index (χ4v) is 10.8. The molecule has 1 aliphatic rings. The van der Waals surface area contributed by atoms with Crippen molar-refractivity contribution in [2.75, 3.05) is 9.80 Å². The van der Waals surface area contributed by atoms with Gasteiger partial charge in [-0.25, -0.2) is 9.97 Å². The molecule has 6 heteroatoms. The second-order valence-electron chi connectivity index (χ2n) is 18.7. The van der Waals surface area contributed by atoms with E-state index in [-0.39, 0.29) is 5.41 Å². The Balaban J connectivity index is 0.905. The highest BCUT2D eigenvalue weighted by molar-refractivity contribution is 5.91. The number of para-hydroxylation sites is 2. The lowest BCUT2D eigenvalue weighted by Crippen LogP contribution is -2.17. The monoisotopic (exact) mass is 912 g/mol. The molecule has 0 fully saturated rings. The van der Waals surface area contributed by atoms with Gasteiger partial charge in [-0.2, -0.15) is 0 Å². The summed E-state index contributed by atoms with van der Waals surface area (Å²) in [6.45, 7) is 4.75. The molecule has 13 rings (SSSR count). The van der Waals surface area contributed by atoms with Crippen molar-refractivity contribution in [3.63, 3.8) is 0 Å². The molecule has 4 aromatic heterocycles. The number of rotatable bonds is 10. The maximum Gasteiger partial charge on any atom is 0.137 e. The molecule has 0 saturated heterocycles. The van der Waals surface area contributed by atoms with Crippen molar-refractivity contribution in [3.8, 4) is 56.2 Å². The summed E-state index contributed by atoms with van der Waals surface area (Å²) in [6.07, 6.45) is 4.22. The Labute approximate surface area is 413 Å². The van der Waals surface area contributed by atoms with Gasteiger partial charge in [0.2, 0.25) is 0 Å². The molecule has 0 amide bonds. The van der Waals surface area contributed by atoms with E-state index in [1.54, 1.807) is 0 Å². The van der Waals surface area contributed by atoms with E-state index in [1.807, 2.05) is 12.1 Å². The Morgan fingerprint density at radius 3 is 1.10 bits per heavy atom. The van der Waals surface area contributed by atoms with Crippen molar-refractivity contribution in [2.24, 2.45) is 0 Å². The number of nitrogens with zero attached hydrogens (tertiary/aromatic N) is 6. The normalized spacial score (nSPS) is 12.5. The van der Waals surface area contributed by atoms with Gasteiger partial charge in [0.1, 0.15) is 11.3 Å². The largest absolute Gasteiger partial charge is 0.310 e. The molecule has 0 spiro atoms. The highest BCUT2D eigenvalue weighted by Gasteiger charge is 2.37. The Hall–Kier alpha value is -9.26. The summed E-state index contributed by atoms with van der Waals surface area (Å²) < 4.78 is 4.41. The zero-order chi connectivity index (χ0) is 47.5. The molecule has 8 aromatic carbocycles. The second-order valence-corrected chi connectivity index (χ2v) is 18.7. The molecule has 12 aromatic rings. The van der Waals surface area contributed by atoms with E-state index >= 15 is 0 Å². The molecule has 1 aliphatic carbocycles. The maximum absolute atomic E-state index is 5.16. The molecule has 0 unspecified atom stereocenters. The van der Waals surface area contributed by atoms with E-state index in [4.69, 9.17) is 9.97 Å². The zero-order valence-electron chi connectivity index (χ0n) is 39.4. The number of hydrogen-bond donors (Lipinski definition) is 0. The van der Waals surface area contributed by atoms with Gasteiger partial charge in [-0.3, -0.25) is 8.80 Å². The first kappa shape index (κ1) is 41.9. The van der Waals surface area contributed by atoms with Crippen molar-refractivity contribution in [1.82, 2.24) is 18.8 Å². The van der Waals surface area contributed by atoms with Gasteiger partial charge in [-0.15, -0.1) is 0 Å². The summed E-state index contributed by atoms with van der Waals surface area (Å²) in [6, 6.07) is 86.6. The molecule has 0 aliphatic heterocycles. The van der Waals surface area contributed by atoms with Gasteiger partial charge in [0.15, 0.2) is 0 Å². The molecular weight excluding hydrogens is 865 g/mol. The van der Waals surface area contributed by atoms with Crippen LogP contribution in [0.4, 0.5) is 34.1 Å². The Morgan fingerprint density at radius 2 is 0.676 bits per heavy atom. The number of fused-ring (bicyclic) bond motifs is 5. The molecule has 71 heavy (non-hydrogen) atoms. The van der Waals surface area contributed by atoms with E-state index < -0.39 is 0 Å². The van der Waals surface area contributed by atoms with Gasteiger partial charge < -0.3 is 9.80 Å². The van der Waals surface area contributed by atoms with Crippen molar-refractivity contribution in [2.45, 2.75) is 19.3 Å². The van der Waals surface area contributed by atoms with Crippen LogP contribution < -0.4 is 9.80 Å². The standard InChI is InChI=1S/C65H48N6/c1-65(2)57-43-53(70(49-27-11-5-12-28-49)51-31-19-25-47(41-51)63-61(45-21-7-3-8-22-45)66-59-33-15-17-39-68(59)63)35-37-55(57)56-38-36-54(44-58(56)65)71(50-29-13-6-14-30-50)52-32-20-26-48(42-52)64-62(46-23-9-4-10-24-46)67-60-34-16-18-40-69(60)64/h3-44H,1-2H3. The van der Waals surface area contributed by atoms with Gasteiger partial charge in [0.25, 0.3) is 0 Å². The summed E-state index contributed by atoms with van der Waals surface area (Å²) in [5.74, 6) is 0. The predicted octanol–water partition coefficient (Wildman–Crippen LogP) is 16.9. The number of hydrogen-bond acceptors (Lipinski definition) is 4. The fraction of sp³-hybridized carbons (Fsp3) is 0.0462. The number of anilines is 6. The molecular formula is C65H48N6. The van der Waals surface area contributed by atoms with Crippen LogP contribution in [0.25, 0.3) is 67.5 Å². The average Bonchev–Trinajstić information content (AvgIpc) is 4.08. The Morgan fingerprint density at radius 1 is 0.324 bits per heavy atom. The molecule has 4 heterocycles. The topological polar surface area (TPSA) is 41.1 Å². The van der Waals surface area contributed by atoms with Crippen LogP contribution in [0.2, 0.25) is 0 Å². The van der Waals surface area contributed by atoms with E-state index in [9.17, 15) is 0 Å². The van der Waals surface area contributed by atoms with Crippen molar-refractivity contribution < 1.29 is 0 Å². The second kappa shape index (κ2) is 17.1. The SMILES string of the molecule is CC1(C)c2cc(N(c3ccccc3)c3cccc(-c4c(-c5ccccc5)nc5ccccn45)c3)ccc2-c2ccc(N(c3ccccc3)c3cccc(-c4c(-c5ccccc5)nc5ccccn45)c3)cc21. The molecule has 0 N–H and O–H groups in total. The first-order valence-corrected chi connectivity index (χ1v) is 24.2. The molecule has 338 valence electrons. The molecule has 0 atom stereocenters. The van der Waals surface area contributed by atoms with Crippen LogP contribution >= 0.6 is 0 Å². The smallest absolute Gasteiger partial charge is 0.137 e. The van der Waals surface area contributed by atoms with Crippen LogP contribution in [0.3, 0.4) is 0 Å². The van der Waals surface area contributed by atoms with Crippen LogP contribution in [0.15, 0.2) is 255 Å². The lowest BCUT2D eigenvalue weighted by atomic mass is 9.82. The molecule has 6 nitrogen and oxygen atoms in total.